The maximum absolute atomic E-state index is 12.6. The van der Waals surface area contributed by atoms with Gasteiger partial charge in [0.15, 0.2) is 0 Å². The van der Waals surface area contributed by atoms with Crippen LogP contribution in [0.15, 0.2) is 48.5 Å². The Morgan fingerprint density at radius 1 is 1.14 bits per heavy atom. The Kier molecular flexibility index (Phi) is 7.33. The molecule has 2 aromatic rings. The fraction of sp³-hybridized carbons (Fsp3) is 0.263. The Balaban J connectivity index is 2.01. The van der Waals surface area contributed by atoms with Crippen LogP contribution in [-0.2, 0) is 11.3 Å². The van der Waals surface area contributed by atoms with Crippen LogP contribution in [0.1, 0.15) is 23.6 Å². The molecule has 0 heterocycles. The molecule has 156 valence electrons. The van der Waals surface area contributed by atoms with Crippen LogP contribution in [0.4, 0.5) is 18.0 Å². The fourth-order valence-electron chi connectivity index (χ4n) is 2.61. The van der Waals surface area contributed by atoms with Crippen molar-refractivity contribution in [2.45, 2.75) is 25.4 Å². The third-order valence-electron chi connectivity index (χ3n) is 3.97. The minimum Gasteiger partial charge on any atom is -0.406 e. The number of carbonyl (C=O) groups is 2. The first-order valence-electron chi connectivity index (χ1n) is 8.43. The van der Waals surface area contributed by atoms with E-state index >= 15 is 0 Å². The molecule has 1 atom stereocenters. The lowest BCUT2D eigenvalue weighted by Gasteiger charge is -2.22. The van der Waals surface area contributed by atoms with Crippen LogP contribution < -0.4 is 15.8 Å². The van der Waals surface area contributed by atoms with Gasteiger partial charge in [-0.1, -0.05) is 35.9 Å². The highest BCUT2D eigenvalue weighted by atomic mass is 35.5. The van der Waals surface area contributed by atoms with E-state index in [0.717, 1.165) is 0 Å². The Bertz CT molecular complexity index is 843. The highest BCUT2D eigenvalue weighted by Gasteiger charge is 2.31. The van der Waals surface area contributed by atoms with Gasteiger partial charge in [-0.25, -0.2) is 4.79 Å². The zero-order chi connectivity index (χ0) is 21.6. The van der Waals surface area contributed by atoms with Crippen molar-refractivity contribution in [3.63, 3.8) is 0 Å². The summed E-state index contributed by atoms with van der Waals surface area (Å²) < 4.78 is 40.4. The summed E-state index contributed by atoms with van der Waals surface area (Å²) in [5, 5.41) is 3.03. The molecule has 0 unspecified atom stereocenters. The van der Waals surface area contributed by atoms with Crippen LogP contribution in [-0.4, -0.2) is 30.2 Å². The Morgan fingerprint density at radius 2 is 1.72 bits per heavy atom. The molecular weight excluding hydrogens is 411 g/mol. The molecule has 0 saturated heterocycles. The van der Waals surface area contributed by atoms with E-state index in [4.69, 9.17) is 17.3 Å². The molecule has 2 aromatic carbocycles. The van der Waals surface area contributed by atoms with E-state index in [1.807, 2.05) is 0 Å². The van der Waals surface area contributed by atoms with E-state index < -0.39 is 18.4 Å². The van der Waals surface area contributed by atoms with Crippen LogP contribution in [0.5, 0.6) is 5.75 Å². The van der Waals surface area contributed by atoms with Gasteiger partial charge in [0.1, 0.15) is 5.75 Å². The molecule has 0 spiro atoms. The van der Waals surface area contributed by atoms with Gasteiger partial charge < -0.3 is 20.7 Å². The standard InChI is InChI=1S/C19H19ClF3N3O3/c1-26(11-12-2-8-15(9-3-12)29-19(21,22)23)17(27)10-16(25-18(24)28)13-4-6-14(20)7-5-13/h2-9,16H,10-11H2,1H3,(H3,24,25,28)/t16-/m0/s1. The molecule has 0 bridgehead atoms. The summed E-state index contributed by atoms with van der Waals surface area (Å²) >= 11 is 5.86. The first kappa shape index (κ1) is 22.4. The average molecular weight is 430 g/mol. The van der Waals surface area contributed by atoms with Gasteiger partial charge in [-0.15, -0.1) is 13.2 Å². The molecule has 0 fully saturated rings. The van der Waals surface area contributed by atoms with Crippen LogP contribution in [0.2, 0.25) is 5.02 Å². The van der Waals surface area contributed by atoms with Gasteiger partial charge in [0, 0.05) is 18.6 Å². The molecular formula is C19H19ClF3N3O3. The summed E-state index contributed by atoms with van der Waals surface area (Å²) in [6.07, 6.45) is -4.82. The van der Waals surface area contributed by atoms with Gasteiger partial charge in [-0.05, 0) is 35.4 Å². The molecule has 10 heteroatoms. The Labute approximate surface area is 170 Å². The number of benzene rings is 2. The Hall–Kier alpha value is -2.94. The highest BCUT2D eigenvalue weighted by Crippen LogP contribution is 2.24. The predicted molar refractivity (Wildman–Crippen MR) is 101 cm³/mol. The summed E-state index contributed by atoms with van der Waals surface area (Å²) in [5.74, 6) is -0.641. The first-order chi connectivity index (χ1) is 13.5. The highest BCUT2D eigenvalue weighted by molar-refractivity contribution is 6.30. The molecule has 0 aliphatic heterocycles. The number of rotatable bonds is 7. The Morgan fingerprint density at radius 3 is 2.24 bits per heavy atom. The van der Waals surface area contributed by atoms with Gasteiger partial charge in [0.2, 0.25) is 5.91 Å². The summed E-state index contributed by atoms with van der Waals surface area (Å²) in [7, 11) is 1.55. The van der Waals surface area contributed by atoms with Crippen molar-refractivity contribution in [1.82, 2.24) is 10.2 Å². The first-order valence-corrected chi connectivity index (χ1v) is 8.81. The van der Waals surface area contributed by atoms with Crippen molar-refractivity contribution in [1.29, 1.82) is 0 Å². The van der Waals surface area contributed by atoms with Crippen molar-refractivity contribution in [3.05, 3.63) is 64.7 Å². The molecule has 0 aliphatic rings. The van der Waals surface area contributed by atoms with Gasteiger partial charge in [-0.3, -0.25) is 4.79 Å². The number of halogens is 4. The van der Waals surface area contributed by atoms with Crippen LogP contribution in [0.25, 0.3) is 0 Å². The fourth-order valence-corrected chi connectivity index (χ4v) is 2.73. The second-order valence-electron chi connectivity index (χ2n) is 6.26. The summed E-state index contributed by atoms with van der Waals surface area (Å²) in [5.41, 5.74) is 6.47. The molecule has 0 aliphatic carbocycles. The lowest BCUT2D eigenvalue weighted by atomic mass is 10.0. The van der Waals surface area contributed by atoms with Crippen LogP contribution in [0.3, 0.4) is 0 Å². The molecule has 3 N–H and O–H groups in total. The second kappa shape index (κ2) is 9.51. The molecule has 0 aromatic heterocycles. The molecule has 3 amide bonds. The monoisotopic (exact) mass is 429 g/mol. The van der Waals surface area contributed by atoms with E-state index in [0.29, 0.717) is 16.1 Å². The smallest absolute Gasteiger partial charge is 0.406 e. The average Bonchev–Trinajstić information content (AvgIpc) is 2.61. The lowest BCUT2D eigenvalue weighted by Crippen LogP contribution is -2.37. The number of hydrogen-bond acceptors (Lipinski definition) is 3. The maximum atomic E-state index is 12.6. The van der Waals surface area contributed by atoms with Gasteiger partial charge >= 0.3 is 12.4 Å². The van der Waals surface area contributed by atoms with Gasteiger partial charge in [-0.2, -0.15) is 0 Å². The van der Waals surface area contributed by atoms with Crippen molar-refractivity contribution in [3.8, 4) is 5.75 Å². The lowest BCUT2D eigenvalue weighted by molar-refractivity contribution is -0.274. The number of nitrogens with two attached hydrogens (primary N) is 1. The van der Waals surface area contributed by atoms with E-state index in [1.54, 1.807) is 31.3 Å². The number of urea groups is 1. The van der Waals surface area contributed by atoms with Crippen molar-refractivity contribution < 1.29 is 27.5 Å². The number of amides is 3. The molecule has 29 heavy (non-hydrogen) atoms. The third-order valence-corrected chi connectivity index (χ3v) is 4.22. The number of ether oxygens (including phenoxy) is 1. The summed E-state index contributed by atoms with van der Waals surface area (Å²) in [6, 6.07) is 10.4. The number of alkyl halides is 3. The van der Waals surface area contributed by atoms with Gasteiger partial charge in [0.05, 0.1) is 12.5 Å². The van der Waals surface area contributed by atoms with Gasteiger partial charge in [0.25, 0.3) is 0 Å². The van der Waals surface area contributed by atoms with E-state index in [-0.39, 0.29) is 24.6 Å². The minimum atomic E-state index is -4.77. The van der Waals surface area contributed by atoms with E-state index in [1.165, 1.54) is 29.2 Å². The zero-order valence-electron chi connectivity index (χ0n) is 15.4. The number of carbonyl (C=O) groups excluding carboxylic acids is 2. The van der Waals surface area contributed by atoms with E-state index in [9.17, 15) is 22.8 Å². The second-order valence-corrected chi connectivity index (χ2v) is 6.69. The minimum absolute atomic E-state index is 0.0592. The molecule has 6 nitrogen and oxygen atoms in total. The number of nitrogens with zero attached hydrogens (tertiary/aromatic N) is 1. The zero-order valence-corrected chi connectivity index (χ0v) is 16.1. The maximum Gasteiger partial charge on any atom is 0.573 e. The normalized spacial score (nSPS) is 12.2. The number of nitrogens with one attached hydrogen (secondary N) is 1. The molecule has 0 radical (unpaired) electrons. The van der Waals surface area contributed by atoms with Crippen molar-refractivity contribution in [2.24, 2.45) is 5.73 Å². The number of hydrogen-bond donors (Lipinski definition) is 2. The van der Waals surface area contributed by atoms with E-state index in [2.05, 4.69) is 10.1 Å². The van der Waals surface area contributed by atoms with Crippen LogP contribution >= 0.6 is 11.6 Å². The summed E-state index contributed by atoms with van der Waals surface area (Å²) in [6.45, 7) is 0.162. The van der Waals surface area contributed by atoms with Crippen LogP contribution in [0, 0.1) is 0 Å². The quantitative estimate of drug-likeness (QED) is 0.697. The third kappa shape index (κ3) is 7.53. The molecule has 2 rings (SSSR count). The summed E-state index contributed by atoms with van der Waals surface area (Å²) in [4.78, 5) is 25.3. The SMILES string of the molecule is CN(Cc1ccc(OC(F)(F)F)cc1)C(=O)C[C@H](NC(N)=O)c1ccc(Cl)cc1. The van der Waals surface area contributed by atoms with Crippen molar-refractivity contribution >= 4 is 23.5 Å². The largest absolute Gasteiger partial charge is 0.573 e. The predicted octanol–water partition coefficient (Wildman–Crippen LogP) is 4.00. The topological polar surface area (TPSA) is 84.7 Å². The molecule has 0 saturated carbocycles. The number of primary amides is 1. The van der Waals surface area contributed by atoms with Crippen molar-refractivity contribution in [2.75, 3.05) is 7.05 Å².